The van der Waals surface area contributed by atoms with E-state index in [1.165, 1.54) is 0 Å². The van der Waals surface area contributed by atoms with Crippen LogP contribution in [0.4, 0.5) is 30.6 Å². The Balaban J connectivity index is 2.38. The molecule has 0 radical (unpaired) electrons. The zero-order chi connectivity index (χ0) is 14.0. The molecule has 0 atom stereocenters. The first-order chi connectivity index (χ1) is 9.01. The predicted octanol–water partition coefficient (Wildman–Crippen LogP) is 3.44. The van der Waals surface area contributed by atoms with Gasteiger partial charge in [0.15, 0.2) is 11.6 Å². The van der Waals surface area contributed by atoms with Crippen molar-refractivity contribution in [3.63, 3.8) is 0 Å². The van der Waals surface area contributed by atoms with E-state index in [0.717, 1.165) is 12.3 Å². The molecule has 0 saturated carbocycles. The van der Waals surface area contributed by atoms with E-state index >= 15 is 0 Å². The average Bonchev–Trinajstić information content (AvgIpc) is 2.38. The van der Waals surface area contributed by atoms with Crippen LogP contribution in [-0.4, -0.2) is 17.0 Å². The fraction of sp³-hybridized carbons (Fsp3) is 0.0909. The molecule has 0 unspecified atom stereocenters. The zero-order valence-electron chi connectivity index (χ0n) is 9.64. The topological polar surface area (TPSA) is 49.8 Å². The van der Waals surface area contributed by atoms with Crippen LogP contribution in [0.1, 0.15) is 0 Å². The number of anilines is 3. The first-order valence-electron chi connectivity index (χ1n) is 5.13. The lowest BCUT2D eigenvalue weighted by Gasteiger charge is -2.09. The Labute approximate surface area is 115 Å². The predicted molar refractivity (Wildman–Crippen MR) is 68.9 cm³/mol. The van der Waals surface area contributed by atoms with Crippen LogP contribution in [0, 0.1) is 17.5 Å². The average molecular weight is 333 g/mol. The van der Waals surface area contributed by atoms with E-state index in [-0.39, 0.29) is 21.9 Å². The number of aromatic nitrogens is 2. The second kappa shape index (κ2) is 5.43. The maximum absolute atomic E-state index is 13.5. The summed E-state index contributed by atoms with van der Waals surface area (Å²) in [5.41, 5.74) is -0.104. The van der Waals surface area contributed by atoms with Crippen molar-refractivity contribution in [2.45, 2.75) is 0 Å². The van der Waals surface area contributed by atoms with Gasteiger partial charge < -0.3 is 10.6 Å². The van der Waals surface area contributed by atoms with Crippen LogP contribution in [0.25, 0.3) is 0 Å². The van der Waals surface area contributed by atoms with Gasteiger partial charge in [-0.1, -0.05) is 0 Å². The summed E-state index contributed by atoms with van der Waals surface area (Å²) in [4.78, 5) is 7.45. The number of hydrogen-bond donors (Lipinski definition) is 2. The molecular weight excluding hydrogens is 325 g/mol. The van der Waals surface area contributed by atoms with Crippen LogP contribution in [0.3, 0.4) is 0 Å². The van der Waals surface area contributed by atoms with Gasteiger partial charge >= 0.3 is 0 Å². The fourth-order valence-electron chi connectivity index (χ4n) is 1.32. The van der Waals surface area contributed by atoms with E-state index < -0.39 is 17.5 Å². The molecule has 1 aromatic heterocycles. The molecule has 2 N–H and O–H groups in total. The van der Waals surface area contributed by atoms with Gasteiger partial charge in [0.1, 0.15) is 11.6 Å². The van der Waals surface area contributed by atoms with E-state index in [2.05, 4.69) is 36.5 Å². The van der Waals surface area contributed by atoms with Gasteiger partial charge in [0.2, 0.25) is 5.95 Å². The lowest BCUT2D eigenvalue weighted by molar-refractivity contribution is 0.581. The van der Waals surface area contributed by atoms with Crippen molar-refractivity contribution >= 4 is 33.4 Å². The molecule has 0 aliphatic heterocycles. The number of hydrogen-bond acceptors (Lipinski definition) is 4. The van der Waals surface area contributed by atoms with Crippen LogP contribution in [-0.2, 0) is 0 Å². The van der Waals surface area contributed by atoms with Gasteiger partial charge in [-0.05, 0) is 22.0 Å². The second-order valence-electron chi connectivity index (χ2n) is 3.51. The molecule has 1 heterocycles. The molecule has 0 saturated heterocycles. The van der Waals surface area contributed by atoms with Crippen molar-refractivity contribution in [3.8, 4) is 0 Å². The highest BCUT2D eigenvalue weighted by molar-refractivity contribution is 9.10. The van der Waals surface area contributed by atoms with Crippen molar-refractivity contribution in [2.24, 2.45) is 0 Å². The van der Waals surface area contributed by atoms with E-state index in [1.807, 2.05) is 0 Å². The molecule has 8 heteroatoms. The number of nitrogens with zero attached hydrogens (tertiary/aromatic N) is 2. The molecule has 2 rings (SSSR count). The number of rotatable bonds is 3. The van der Waals surface area contributed by atoms with Gasteiger partial charge in [0.05, 0.1) is 16.4 Å². The molecule has 100 valence electrons. The Morgan fingerprint density at radius 3 is 2.53 bits per heavy atom. The maximum atomic E-state index is 13.5. The Morgan fingerprint density at radius 2 is 1.84 bits per heavy atom. The Morgan fingerprint density at radius 1 is 1.11 bits per heavy atom. The molecule has 2 aromatic rings. The van der Waals surface area contributed by atoms with Gasteiger partial charge in [-0.2, -0.15) is 4.98 Å². The van der Waals surface area contributed by atoms with E-state index in [4.69, 9.17) is 0 Å². The minimum Gasteiger partial charge on any atom is -0.357 e. The third-order valence-corrected chi connectivity index (χ3v) is 2.84. The van der Waals surface area contributed by atoms with E-state index in [0.29, 0.717) is 6.07 Å². The number of benzene rings is 1. The summed E-state index contributed by atoms with van der Waals surface area (Å²) in [6.45, 7) is 0. The molecule has 0 aliphatic carbocycles. The normalized spacial score (nSPS) is 10.4. The molecule has 0 fully saturated rings. The third-order valence-electron chi connectivity index (χ3n) is 2.23. The molecule has 0 bridgehead atoms. The summed E-state index contributed by atoms with van der Waals surface area (Å²) < 4.78 is 40.1. The number of halogens is 4. The highest BCUT2D eigenvalue weighted by atomic mass is 79.9. The molecule has 0 aliphatic rings. The lowest BCUT2D eigenvalue weighted by atomic mass is 10.3. The summed E-state index contributed by atoms with van der Waals surface area (Å²) in [5, 5.41) is 5.07. The number of nitrogens with one attached hydrogen (secondary N) is 2. The molecule has 4 nitrogen and oxygen atoms in total. The minimum atomic E-state index is -0.857. The summed E-state index contributed by atoms with van der Waals surface area (Å²) in [6, 6.07) is 1.84. The Kier molecular flexibility index (Phi) is 3.89. The van der Waals surface area contributed by atoms with Crippen LogP contribution in [0.15, 0.2) is 22.8 Å². The maximum Gasteiger partial charge on any atom is 0.224 e. The van der Waals surface area contributed by atoms with E-state index in [9.17, 15) is 13.2 Å². The van der Waals surface area contributed by atoms with Gasteiger partial charge in [0, 0.05) is 13.1 Å². The summed E-state index contributed by atoms with van der Waals surface area (Å²) in [6.07, 6.45) is 0.942. The largest absolute Gasteiger partial charge is 0.357 e. The summed E-state index contributed by atoms with van der Waals surface area (Å²) >= 11 is 2.92. The van der Waals surface area contributed by atoms with Crippen molar-refractivity contribution in [1.82, 2.24) is 9.97 Å². The summed E-state index contributed by atoms with van der Waals surface area (Å²) in [5.74, 6) is -2.40. The second-order valence-corrected chi connectivity index (χ2v) is 4.37. The third kappa shape index (κ3) is 2.95. The van der Waals surface area contributed by atoms with Gasteiger partial charge in [-0.3, -0.25) is 0 Å². The standard InChI is InChI=1S/C11H8BrF3N4/c1-16-11-17-4-8(15)10(19-11)18-9-2-5(12)6(13)3-7(9)14/h2-4H,1H3,(H2,16,17,18,19). The first kappa shape index (κ1) is 13.6. The quantitative estimate of drug-likeness (QED) is 0.845. The highest BCUT2D eigenvalue weighted by Crippen LogP contribution is 2.26. The molecule has 0 amide bonds. The van der Waals surface area contributed by atoms with Gasteiger partial charge in [-0.15, -0.1) is 0 Å². The highest BCUT2D eigenvalue weighted by Gasteiger charge is 2.12. The SMILES string of the molecule is CNc1ncc(F)c(Nc2cc(Br)c(F)cc2F)n1. The minimum absolute atomic E-state index is 0.0553. The van der Waals surface area contributed by atoms with Crippen LogP contribution >= 0.6 is 15.9 Å². The van der Waals surface area contributed by atoms with Crippen LogP contribution < -0.4 is 10.6 Å². The van der Waals surface area contributed by atoms with Gasteiger partial charge in [0.25, 0.3) is 0 Å². The first-order valence-corrected chi connectivity index (χ1v) is 5.92. The molecule has 1 aromatic carbocycles. The van der Waals surface area contributed by atoms with Gasteiger partial charge in [-0.25, -0.2) is 18.2 Å². The van der Waals surface area contributed by atoms with E-state index in [1.54, 1.807) is 7.05 Å². The molecule has 19 heavy (non-hydrogen) atoms. The molecular formula is C11H8BrF3N4. The van der Waals surface area contributed by atoms with Crippen molar-refractivity contribution in [2.75, 3.05) is 17.7 Å². The van der Waals surface area contributed by atoms with Crippen molar-refractivity contribution in [3.05, 3.63) is 40.3 Å². The fourth-order valence-corrected chi connectivity index (χ4v) is 1.66. The van der Waals surface area contributed by atoms with Crippen molar-refractivity contribution in [1.29, 1.82) is 0 Å². The Bertz CT molecular complexity index is 621. The zero-order valence-corrected chi connectivity index (χ0v) is 11.2. The van der Waals surface area contributed by atoms with Crippen LogP contribution in [0.5, 0.6) is 0 Å². The molecule has 0 spiro atoms. The van der Waals surface area contributed by atoms with Crippen molar-refractivity contribution < 1.29 is 13.2 Å². The Hall–Kier alpha value is -1.83. The lowest BCUT2D eigenvalue weighted by Crippen LogP contribution is -2.04. The van der Waals surface area contributed by atoms with Crippen LogP contribution in [0.2, 0.25) is 0 Å². The monoisotopic (exact) mass is 332 g/mol. The smallest absolute Gasteiger partial charge is 0.224 e. The summed E-state index contributed by atoms with van der Waals surface area (Å²) in [7, 11) is 1.56.